The van der Waals surface area contributed by atoms with Gasteiger partial charge in [0.2, 0.25) is 0 Å². The van der Waals surface area contributed by atoms with E-state index in [0.717, 1.165) is 29.7 Å². The van der Waals surface area contributed by atoms with Gasteiger partial charge in [0.05, 0.1) is 6.61 Å². The van der Waals surface area contributed by atoms with Crippen molar-refractivity contribution in [2.24, 2.45) is 0 Å². The van der Waals surface area contributed by atoms with Crippen LogP contribution in [0.1, 0.15) is 6.42 Å². The minimum absolute atomic E-state index is 0.0700. The summed E-state index contributed by atoms with van der Waals surface area (Å²) < 4.78 is 6.05. The number of ether oxygens (including phenoxy) is 1. The number of carbonyl (C=O) groups is 1. The first kappa shape index (κ1) is 13.4. The normalized spacial score (nSPS) is 16.2. The molecule has 1 aliphatic rings. The summed E-state index contributed by atoms with van der Waals surface area (Å²) in [5, 5.41) is 0. The number of amides is 2. The van der Waals surface area contributed by atoms with E-state index < -0.39 is 0 Å². The predicted molar refractivity (Wildman–Crippen MR) is 75.0 cm³/mol. The Bertz CT molecular complexity index is 408. The van der Waals surface area contributed by atoms with Crippen molar-refractivity contribution in [2.45, 2.75) is 6.42 Å². The lowest BCUT2D eigenvalue weighted by atomic mass is 10.2. The first-order valence-electron chi connectivity index (χ1n) is 6.03. The second kappa shape index (κ2) is 6.20. The lowest BCUT2D eigenvalue weighted by Gasteiger charge is -2.35. The highest BCUT2D eigenvalue weighted by Crippen LogP contribution is 2.22. The Morgan fingerprint density at radius 3 is 2.67 bits per heavy atom. The molecule has 2 rings (SSSR count). The highest BCUT2D eigenvalue weighted by atomic mass is 79.9. The summed E-state index contributed by atoms with van der Waals surface area (Å²) >= 11 is 3.40. The van der Waals surface area contributed by atoms with Gasteiger partial charge in [0.15, 0.2) is 0 Å². The minimum Gasteiger partial charge on any atom is -0.383 e. The van der Waals surface area contributed by atoms with Crippen molar-refractivity contribution in [3.8, 4) is 0 Å². The zero-order chi connectivity index (χ0) is 13.0. The molecule has 0 atom stereocenters. The number of hydrogen-bond donors (Lipinski definition) is 0. The summed E-state index contributed by atoms with van der Waals surface area (Å²) in [6, 6.07) is 7.90. The van der Waals surface area contributed by atoms with E-state index in [1.54, 1.807) is 7.11 Å². The van der Waals surface area contributed by atoms with Gasteiger partial charge < -0.3 is 9.64 Å². The van der Waals surface area contributed by atoms with Crippen LogP contribution in [0.3, 0.4) is 0 Å². The molecule has 1 aromatic carbocycles. The average Bonchev–Trinajstić information content (AvgIpc) is 2.39. The van der Waals surface area contributed by atoms with Gasteiger partial charge in [0, 0.05) is 36.9 Å². The van der Waals surface area contributed by atoms with Crippen LogP contribution < -0.4 is 4.90 Å². The highest BCUT2D eigenvalue weighted by Gasteiger charge is 2.26. The average molecular weight is 313 g/mol. The standard InChI is InChI=1S/C13H17BrN2O2/c1-18-10-9-15-7-2-8-16(13(15)17)12-5-3-11(14)4-6-12/h3-6H,2,7-10H2,1H3. The molecule has 1 heterocycles. The molecule has 98 valence electrons. The molecule has 0 saturated carbocycles. The second-order valence-corrected chi connectivity index (χ2v) is 5.16. The first-order valence-corrected chi connectivity index (χ1v) is 6.82. The molecule has 0 unspecified atom stereocenters. The Hall–Kier alpha value is -1.07. The molecule has 0 bridgehead atoms. The monoisotopic (exact) mass is 312 g/mol. The summed E-state index contributed by atoms with van der Waals surface area (Å²) in [6.07, 6.45) is 0.992. The maximum atomic E-state index is 12.3. The number of nitrogens with zero attached hydrogens (tertiary/aromatic N) is 2. The summed E-state index contributed by atoms with van der Waals surface area (Å²) in [6.45, 7) is 2.83. The third kappa shape index (κ3) is 3.03. The van der Waals surface area contributed by atoms with Gasteiger partial charge >= 0.3 is 6.03 Å². The van der Waals surface area contributed by atoms with Gasteiger partial charge in [-0.3, -0.25) is 4.90 Å². The summed E-state index contributed by atoms with van der Waals surface area (Å²) in [4.78, 5) is 16.0. The van der Waals surface area contributed by atoms with E-state index in [9.17, 15) is 4.79 Å². The Balaban J connectivity index is 2.08. The van der Waals surface area contributed by atoms with E-state index in [4.69, 9.17) is 4.74 Å². The third-order valence-corrected chi connectivity index (χ3v) is 3.54. The van der Waals surface area contributed by atoms with E-state index in [2.05, 4.69) is 15.9 Å². The first-order chi connectivity index (χ1) is 8.72. The predicted octanol–water partition coefficient (Wildman–Crippen LogP) is 2.73. The topological polar surface area (TPSA) is 32.8 Å². The minimum atomic E-state index is 0.0700. The molecule has 0 aliphatic carbocycles. The summed E-state index contributed by atoms with van der Waals surface area (Å²) in [5.74, 6) is 0. The van der Waals surface area contributed by atoms with Crippen molar-refractivity contribution in [2.75, 3.05) is 38.3 Å². The molecule has 0 radical (unpaired) electrons. The van der Waals surface area contributed by atoms with Crippen molar-refractivity contribution in [3.05, 3.63) is 28.7 Å². The van der Waals surface area contributed by atoms with E-state index in [1.807, 2.05) is 34.1 Å². The molecule has 18 heavy (non-hydrogen) atoms. The molecule has 0 N–H and O–H groups in total. The van der Waals surface area contributed by atoms with E-state index in [-0.39, 0.29) is 6.03 Å². The van der Waals surface area contributed by atoms with Gasteiger partial charge in [0.1, 0.15) is 0 Å². The molecule has 1 aliphatic heterocycles. The highest BCUT2D eigenvalue weighted by molar-refractivity contribution is 9.10. The molecule has 0 aromatic heterocycles. The fraction of sp³-hybridized carbons (Fsp3) is 0.462. The molecule has 4 nitrogen and oxygen atoms in total. The molecular weight excluding hydrogens is 296 g/mol. The number of carbonyl (C=O) groups excluding carboxylic acids is 1. The number of rotatable bonds is 4. The molecule has 2 amide bonds. The van der Waals surface area contributed by atoms with Gasteiger partial charge in [-0.1, -0.05) is 15.9 Å². The van der Waals surface area contributed by atoms with Crippen molar-refractivity contribution in [1.29, 1.82) is 0 Å². The fourth-order valence-corrected chi connectivity index (χ4v) is 2.32. The molecular formula is C13H17BrN2O2. The fourth-order valence-electron chi connectivity index (χ4n) is 2.05. The SMILES string of the molecule is COCCN1CCCN(c2ccc(Br)cc2)C1=O. The van der Waals surface area contributed by atoms with Crippen molar-refractivity contribution in [1.82, 2.24) is 4.90 Å². The Morgan fingerprint density at radius 1 is 1.28 bits per heavy atom. The van der Waals surface area contributed by atoms with Gasteiger partial charge in [-0.05, 0) is 30.7 Å². The maximum Gasteiger partial charge on any atom is 0.324 e. The number of benzene rings is 1. The van der Waals surface area contributed by atoms with Crippen LogP contribution in [-0.2, 0) is 4.74 Å². The zero-order valence-corrected chi connectivity index (χ0v) is 12.0. The van der Waals surface area contributed by atoms with Crippen LogP contribution in [0.5, 0.6) is 0 Å². The molecule has 5 heteroatoms. The molecule has 0 spiro atoms. The van der Waals surface area contributed by atoms with Crippen molar-refractivity contribution >= 4 is 27.6 Å². The number of hydrogen-bond acceptors (Lipinski definition) is 2. The number of urea groups is 1. The molecule has 1 aromatic rings. The number of methoxy groups -OCH3 is 1. The number of anilines is 1. The molecule has 1 saturated heterocycles. The number of halogens is 1. The van der Waals surface area contributed by atoms with Crippen LogP contribution >= 0.6 is 15.9 Å². The Labute approximate surface area is 116 Å². The lowest BCUT2D eigenvalue weighted by Crippen LogP contribution is -2.50. The van der Waals surface area contributed by atoms with E-state index >= 15 is 0 Å². The Kier molecular flexibility index (Phi) is 4.60. The summed E-state index contributed by atoms with van der Waals surface area (Å²) in [7, 11) is 1.65. The maximum absolute atomic E-state index is 12.3. The molecule has 1 fully saturated rings. The van der Waals surface area contributed by atoms with Crippen LogP contribution in [0.2, 0.25) is 0 Å². The van der Waals surface area contributed by atoms with Crippen LogP contribution in [-0.4, -0.2) is 44.3 Å². The third-order valence-electron chi connectivity index (χ3n) is 3.01. The zero-order valence-electron chi connectivity index (χ0n) is 10.4. The van der Waals surface area contributed by atoms with Crippen molar-refractivity contribution in [3.63, 3.8) is 0 Å². The van der Waals surface area contributed by atoms with Gasteiger partial charge in [-0.15, -0.1) is 0 Å². The smallest absolute Gasteiger partial charge is 0.324 e. The van der Waals surface area contributed by atoms with Crippen LogP contribution in [0.25, 0.3) is 0 Å². The van der Waals surface area contributed by atoms with E-state index in [1.165, 1.54) is 0 Å². The van der Waals surface area contributed by atoms with Crippen LogP contribution in [0.4, 0.5) is 10.5 Å². The van der Waals surface area contributed by atoms with E-state index in [0.29, 0.717) is 13.2 Å². The van der Waals surface area contributed by atoms with Gasteiger partial charge in [0.25, 0.3) is 0 Å². The summed E-state index contributed by atoms with van der Waals surface area (Å²) in [5.41, 5.74) is 0.949. The van der Waals surface area contributed by atoms with Gasteiger partial charge in [-0.25, -0.2) is 4.79 Å². The van der Waals surface area contributed by atoms with Crippen LogP contribution in [0.15, 0.2) is 28.7 Å². The second-order valence-electron chi connectivity index (χ2n) is 4.24. The lowest BCUT2D eigenvalue weighted by molar-refractivity contribution is 0.146. The quantitative estimate of drug-likeness (QED) is 0.856. The largest absolute Gasteiger partial charge is 0.383 e. The van der Waals surface area contributed by atoms with Gasteiger partial charge in [-0.2, -0.15) is 0 Å². The van der Waals surface area contributed by atoms with Crippen LogP contribution in [0, 0.1) is 0 Å². The Morgan fingerprint density at radius 2 is 2.00 bits per heavy atom. The van der Waals surface area contributed by atoms with Crippen molar-refractivity contribution < 1.29 is 9.53 Å².